The van der Waals surface area contributed by atoms with Gasteiger partial charge >= 0.3 is 0 Å². The Kier molecular flexibility index (Phi) is 5.15. The monoisotopic (exact) mass is 367 g/mol. The summed E-state index contributed by atoms with van der Waals surface area (Å²) in [6, 6.07) is 11.6. The number of hydrogen-bond acceptors (Lipinski definition) is 4. The van der Waals surface area contributed by atoms with Gasteiger partial charge in [0.1, 0.15) is 11.9 Å². The molecule has 26 heavy (non-hydrogen) atoms. The summed E-state index contributed by atoms with van der Waals surface area (Å²) < 4.78 is 10.9. The quantitative estimate of drug-likeness (QED) is 0.644. The molecule has 0 aliphatic rings. The second-order valence-corrected chi connectivity index (χ2v) is 6.15. The van der Waals surface area contributed by atoms with Crippen LogP contribution in [-0.2, 0) is 0 Å². The van der Waals surface area contributed by atoms with Crippen LogP contribution in [0.4, 0.5) is 0 Å². The van der Waals surface area contributed by atoms with Gasteiger partial charge in [-0.05, 0) is 55.3 Å². The number of methoxy groups -OCH3 is 1. The van der Waals surface area contributed by atoms with Crippen LogP contribution in [0.1, 0.15) is 23.9 Å². The standard InChI is InChI=1S/C20H18ClN3O2/c1-4-26-19-15(21)9-13(10-18(19)25-3)8-14(11-22)20-23-16-6-5-12(2)7-17(16)24-20/h5-10H,4H2,1-3H3,(H,23,24)/b14-8-. The predicted octanol–water partition coefficient (Wildman–Crippen LogP) is 5.00. The number of nitrogens with one attached hydrogen (secondary N) is 1. The van der Waals surface area contributed by atoms with Gasteiger partial charge in [-0.1, -0.05) is 17.7 Å². The summed E-state index contributed by atoms with van der Waals surface area (Å²) in [5, 5.41) is 10.0. The molecule has 3 rings (SSSR count). The lowest BCUT2D eigenvalue weighted by atomic mass is 10.1. The van der Waals surface area contributed by atoms with Gasteiger partial charge in [0.2, 0.25) is 0 Å². The fourth-order valence-electron chi connectivity index (χ4n) is 2.68. The smallest absolute Gasteiger partial charge is 0.179 e. The Morgan fingerprint density at radius 2 is 2.15 bits per heavy atom. The van der Waals surface area contributed by atoms with E-state index in [9.17, 15) is 5.26 Å². The van der Waals surface area contributed by atoms with E-state index < -0.39 is 0 Å². The molecule has 2 aromatic carbocycles. The number of allylic oxidation sites excluding steroid dienone is 1. The van der Waals surface area contributed by atoms with Crippen molar-refractivity contribution in [2.75, 3.05) is 13.7 Å². The van der Waals surface area contributed by atoms with Gasteiger partial charge in [-0.2, -0.15) is 5.26 Å². The largest absolute Gasteiger partial charge is 0.493 e. The average Bonchev–Trinajstić information content (AvgIpc) is 3.04. The maximum absolute atomic E-state index is 9.59. The summed E-state index contributed by atoms with van der Waals surface area (Å²) in [7, 11) is 1.55. The van der Waals surface area contributed by atoms with Gasteiger partial charge in [0.25, 0.3) is 0 Å². The second-order valence-electron chi connectivity index (χ2n) is 5.74. The predicted molar refractivity (Wildman–Crippen MR) is 103 cm³/mol. The van der Waals surface area contributed by atoms with E-state index in [-0.39, 0.29) is 0 Å². The second kappa shape index (κ2) is 7.51. The van der Waals surface area contributed by atoms with Crippen LogP contribution in [0.3, 0.4) is 0 Å². The maximum Gasteiger partial charge on any atom is 0.179 e. The average molecular weight is 368 g/mol. The maximum atomic E-state index is 9.59. The molecule has 0 aliphatic heterocycles. The molecule has 0 fully saturated rings. The van der Waals surface area contributed by atoms with Crippen LogP contribution in [0, 0.1) is 18.3 Å². The van der Waals surface area contributed by atoms with Crippen molar-refractivity contribution in [2.45, 2.75) is 13.8 Å². The highest BCUT2D eigenvalue weighted by molar-refractivity contribution is 6.32. The summed E-state index contributed by atoms with van der Waals surface area (Å²) >= 11 is 6.31. The minimum atomic E-state index is 0.404. The fraction of sp³-hybridized carbons (Fsp3) is 0.200. The number of H-pyrrole nitrogens is 1. The molecular weight excluding hydrogens is 350 g/mol. The molecule has 0 saturated carbocycles. The molecule has 0 saturated heterocycles. The van der Waals surface area contributed by atoms with Gasteiger partial charge in [-0.3, -0.25) is 0 Å². The molecule has 0 bridgehead atoms. The number of fused-ring (bicyclic) bond motifs is 1. The van der Waals surface area contributed by atoms with Crippen LogP contribution >= 0.6 is 11.6 Å². The van der Waals surface area contributed by atoms with Gasteiger partial charge < -0.3 is 14.5 Å². The minimum Gasteiger partial charge on any atom is -0.493 e. The van der Waals surface area contributed by atoms with E-state index in [1.54, 1.807) is 25.3 Å². The third-order valence-corrected chi connectivity index (χ3v) is 4.15. The van der Waals surface area contributed by atoms with E-state index in [1.807, 2.05) is 32.0 Å². The number of imidazole rings is 1. The molecule has 0 aliphatic carbocycles. The highest BCUT2D eigenvalue weighted by Gasteiger charge is 2.13. The first-order valence-electron chi connectivity index (χ1n) is 8.14. The van der Waals surface area contributed by atoms with Gasteiger partial charge in [-0.25, -0.2) is 4.98 Å². The molecule has 3 aromatic rings. The molecule has 132 valence electrons. The third-order valence-electron chi connectivity index (χ3n) is 3.86. The summed E-state index contributed by atoms with van der Waals surface area (Å²) in [6.07, 6.45) is 1.72. The van der Waals surface area contributed by atoms with E-state index in [1.165, 1.54) is 0 Å². The minimum absolute atomic E-state index is 0.404. The number of aromatic nitrogens is 2. The van der Waals surface area contributed by atoms with E-state index in [4.69, 9.17) is 21.1 Å². The Morgan fingerprint density at radius 1 is 1.35 bits per heavy atom. The summed E-state index contributed by atoms with van der Waals surface area (Å²) in [5.41, 5.74) is 3.96. The number of ether oxygens (including phenoxy) is 2. The SMILES string of the molecule is CCOc1c(Cl)cc(/C=C(/C#N)c2nc3ccc(C)cc3[nH]2)cc1OC. The van der Waals surface area contributed by atoms with Crippen molar-refractivity contribution in [3.63, 3.8) is 0 Å². The number of aryl methyl sites for hydroxylation is 1. The van der Waals surface area contributed by atoms with E-state index in [0.29, 0.717) is 34.5 Å². The third kappa shape index (κ3) is 3.51. The van der Waals surface area contributed by atoms with Crippen molar-refractivity contribution in [1.82, 2.24) is 9.97 Å². The van der Waals surface area contributed by atoms with Crippen LogP contribution in [0.15, 0.2) is 30.3 Å². The first-order chi connectivity index (χ1) is 12.5. The van der Waals surface area contributed by atoms with Crippen molar-refractivity contribution in [2.24, 2.45) is 0 Å². The summed E-state index contributed by atoms with van der Waals surface area (Å²) in [4.78, 5) is 7.69. The molecule has 1 heterocycles. The van der Waals surface area contributed by atoms with Crippen molar-refractivity contribution in [1.29, 1.82) is 5.26 Å². The van der Waals surface area contributed by atoms with Gasteiger partial charge in [0, 0.05) is 0 Å². The Morgan fingerprint density at radius 3 is 2.85 bits per heavy atom. The highest BCUT2D eigenvalue weighted by Crippen LogP contribution is 2.37. The first-order valence-corrected chi connectivity index (χ1v) is 8.52. The van der Waals surface area contributed by atoms with Crippen LogP contribution in [0.5, 0.6) is 11.5 Å². The lowest BCUT2D eigenvalue weighted by Gasteiger charge is -2.12. The molecule has 0 spiro atoms. The Balaban J connectivity index is 2.05. The van der Waals surface area contributed by atoms with E-state index >= 15 is 0 Å². The number of hydrogen-bond donors (Lipinski definition) is 1. The molecule has 0 radical (unpaired) electrons. The van der Waals surface area contributed by atoms with Crippen LogP contribution < -0.4 is 9.47 Å². The van der Waals surface area contributed by atoms with Crippen molar-refractivity contribution in [3.05, 3.63) is 52.3 Å². The molecular formula is C20H18ClN3O2. The Bertz CT molecular complexity index is 1030. The van der Waals surface area contributed by atoms with E-state index in [0.717, 1.165) is 22.2 Å². The molecule has 1 aromatic heterocycles. The van der Waals surface area contributed by atoms with Crippen molar-refractivity contribution >= 4 is 34.3 Å². The first kappa shape index (κ1) is 17.8. The number of rotatable bonds is 5. The van der Waals surface area contributed by atoms with Crippen LogP contribution in [-0.4, -0.2) is 23.7 Å². The topological polar surface area (TPSA) is 70.9 Å². The highest BCUT2D eigenvalue weighted by atomic mass is 35.5. The van der Waals surface area contributed by atoms with E-state index in [2.05, 4.69) is 16.0 Å². The lowest BCUT2D eigenvalue weighted by Crippen LogP contribution is -1.97. The van der Waals surface area contributed by atoms with Crippen molar-refractivity contribution in [3.8, 4) is 17.6 Å². The lowest BCUT2D eigenvalue weighted by molar-refractivity contribution is 0.311. The normalized spacial score (nSPS) is 11.4. The molecule has 1 N–H and O–H groups in total. The van der Waals surface area contributed by atoms with Crippen LogP contribution in [0.2, 0.25) is 5.02 Å². The number of benzene rings is 2. The van der Waals surface area contributed by atoms with Gasteiger partial charge in [0.15, 0.2) is 11.5 Å². The molecule has 5 nitrogen and oxygen atoms in total. The van der Waals surface area contributed by atoms with Crippen molar-refractivity contribution < 1.29 is 9.47 Å². The fourth-order valence-corrected chi connectivity index (χ4v) is 2.95. The summed E-state index contributed by atoms with van der Waals surface area (Å²) in [5.74, 6) is 1.52. The number of aromatic amines is 1. The number of nitriles is 1. The molecule has 0 atom stereocenters. The zero-order valence-electron chi connectivity index (χ0n) is 14.8. The zero-order chi connectivity index (χ0) is 18.7. The van der Waals surface area contributed by atoms with Gasteiger partial charge in [-0.15, -0.1) is 0 Å². The Labute approximate surface area is 156 Å². The number of nitrogens with zero attached hydrogens (tertiary/aromatic N) is 2. The Hall–Kier alpha value is -2.97. The van der Waals surface area contributed by atoms with Gasteiger partial charge in [0.05, 0.1) is 35.3 Å². The van der Waals surface area contributed by atoms with Crippen LogP contribution in [0.25, 0.3) is 22.7 Å². The molecule has 0 unspecified atom stereocenters. The zero-order valence-corrected chi connectivity index (χ0v) is 15.5. The summed E-state index contributed by atoms with van der Waals surface area (Å²) in [6.45, 7) is 4.36. The molecule has 0 amide bonds. The molecule has 6 heteroatoms. The number of halogens is 1.